The molecule has 0 bridgehead atoms. The molecule has 33 heavy (non-hydrogen) atoms. The lowest BCUT2D eigenvalue weighted by molar-refractivity contribution is -0.129. The molecule has 0 saturated carbocycles. The summed E-state index contributed by atoms with van der Waals surface area (Å²) >= 11 is 0. The van der Waals surface area contributed by atoms with Crippen molar-refractivity contribution < 1.29 is 17.6 Å². The highest BCUT2D eigenvalue weighted by molar-refractivity contribution is 7.89. The Morgan fingerprint density at radius 2 is 1.70 bits per heavy atom. The molecule has 1 unspecified atom stereocenters. The maximum Gasteiger partial charge on any atom is 0.221 e. The van der Waals surface area contributed by atoms with Crippen molar-refractivity contribution in [2.75, 3.05) is 31.1 Å². The Labute approximate surface area is 196 Å². The van der Waals surface area contributed by atoms with E-state index in [1.807, 2.05) is 44.2 Å². The van der Waals surface area contributed by atoms with Gasteiger partial charge in [-0.15, -0.1) is 0 Å². The van der Waals surface area contributed by atoms with Gasteiger partial charge in [-0.1, -0.05) is 35.9 Å². The number of benzene rings is 2. The zero-order valence-electron chi connectivity index (χ0n) is 19.5. The number of aryl methyl sites for hydroxylation is 1. The molecule has 2 aliphatic heterocycles. The molecular formula is C25H32FN3O3S. The van der Waals surface area contributed by atoms with Crippen LogP contribution in [0.2, 0.25) is 0 Å². The topological polar surface area (TPSA) is 60.9 Å². The van der Waals surface area contributed by atoms with Gasteiger partial charge < -0.3 is 9.80 Å². The Bertz CT molecular complexity index is 1110. The van der Waals surface area contributed by atoms with Gasteiger partial charge in [0.15, 0.2) is 0 Å². The van der Waals surface area contributed by atoms with E-state index in [0.717, 1.165) is 23.2 Å². The Morgan fingerprint density at radius 3 is 2.30 bits per heavy atom. The number of rotatable bonds is 4. The predicted octanol–water partition coefficient (Wildman–Crippen LogP) is 3.86. The zero-order valence-corrected chi connectivity index (χ0v) is 20.3. The molecule has 2 fully saturated rings. The van der Waals surface area contributed by atoms with Crippen molar-refractivity contribution in [2.45, 2.75) is 51.4 Å². The van der Waals surface area contributed by atoms with Crippen molar-refractivity contribution in [3.8, 4) is 0 Å². The molecule has 6 nitrogen and oxygen atoms in total. The fraction of sp³-hybridized carbons (Fsp3) is 0.480. The summed E-state index contributed by atoms with van der Waals surface area (Å²) in [6.45, 7) is 7.97. The number of hydrogen-bond acceptors (Lipinski definition) is 4. The number of anilines is 1. The van der Waals surface area contributed by atoms with Gasteiger partial charge in [0.2, 0.25) is 15.9 Å². The van der Waals surface area contributed by atoms with Crippen LogP contribution in [0.3, 0.4) is 0 Å². The van der Waals surface area contributed by atoms with Gasteiger partial charge in [0.1, 0.15) is 11.1 Å². The maximum atomic E-state index is 15.1. The summed E-state index contributed by atoms with van der Waals surface area (Å²) in [5.74, 6) is -0.349. The largest absolute Gasteiger partial charge is 0.368 e. The van der Waals surface area contributed by atoms with Crippen LogP contribution in [0.1, 0.15) is 48.6 Å². The van der Waals surface area contributed by atoms with E-state index in [9.17, 15) is 13.2 Å². The van der Waals surface area contributed by atoms with E-state index in [2.05, 4.69) is 4.90 Å². The van der Waals surface area contributed by atoms with Crippen molar-refractivity contribution in [2.24, 2.45) is 0 Å². The molecule has 2 atom stereocenters. The van der Waals surface area contributed by atoms with Crippen molar-refractivity contribution in [3.63, 3.8) is 0 Å². The van der Waals surface area contributed by atoms with Gasteiger partial charge in [0.25, 0.3) is 0 Å². The molecule has 1 amide bonds. The number of halogens is 1. The van der Waals surface area contributed by atoms with E-state index in [-0.39, 0.29) is 18.5 Å². The summed E-state index contributed by atoms with van der Waals surface area (Å²) in [7, 11) is -3.62. The third kappa shape index (κ3) is 4.92. The summed E-state index contributed by atoms with van der Waals surface area (Å²) in [5.41, 5.74) is 3.01. The van der Waals surface area contributed by atoms with E-state index >= 15 is 4.39 Å². The molecular weight excluding hydrogens is 441 g/mol. The normalized spacial score (nSPS) is 23.5. The van der Waals surface area contributed by atoms with Crippen LogP contribution in [-0.2, 0) is 21.4 Å². The second-order valence-electron chi connectivity index (χ2n) is 9.18. The third-order valence-corrected chi connectivity index (χ3v) is 9.30. The number of carbonyl (C=O) groups excluding carboxylic acids is 1. The Kier molecular flexibility index (Phi) is 6.77. The van der Waals surface area contributed by atoms with E-state index in [1.54, 1.807) is 17.9 Å². The first-order chi connectivity index (χ1) is 15.7. The minimum absolute atomic E-state index is 0.0239. The smallest absolute Gasteiger partial charge is 0.221 e. The van der Waals surface area contributed by atoms with E-state index < -0.39 is 21.1 Å². The summed E-state index contributed by atoms with van der Waals surface area (Å²) in [6.07, 6.45) is 1.30. The Morgan fingerprint density at radius 1 is 1.03 bits per heavy atom. The SMILES string of the molecule is CC(=O)N1CCN(c2ccc(CN3[C@@H](C)CCC(c4ccc(C)cc4)S3(=O)=O)c(F)c2)CC1. The summed E-state index contributed by atoms with van der Waals surface area (Å²) in [6, 6.07) is 12.5. The molecule has 178 valence electrons. The van der Waals surface area contributed by atoms with Crippen LogP contribution >= 0.6 is 0 Å². The molecule has 2 saturated heterocycles. The number of nitrogens with zero attached hydrogens (tertiary/aromatic N) is 3. The molecule has 0 aromatic heterocycles. The van der Waals surface area contributed by atoms with Crippen LogP contribution in [0.4, 0.5) is 10.1 Å². The average Bonchev–Trinajstić information content (AvgIpc) is 2.78. The number of amides is 1. The molecule has 0 radical (unpaired) electrons. The fourth-order valence-electron chi connectivity index (χ4n) is 4.77. The molecule has 8 heteroatoms. The number of carbonyl (C=O) groups is 1. The lowest BCUT2D eigenvalue weighted by Crippen LogP contribution is -2.48. The van der Waals surface area contributed by atoms with Gasteiger partial charge in [0.05, 0.1) is 0 Å². The van der Waals surface area contributed by atoms with Gasteiger partial charge in [0, 0.05) is 56.9 Å². The van der Waals surface area contributed by atoms with Crippen LogP contribution in [0.25, 0.3) is 0 Å². The molecule has 2 heterocycles. The number of hydrogen-bond donors (Lipinski definition) is 0. The van der Waals surface area contributed by atoms with Crippen LogP contribution in [0.15, 0.2) is 42.5 Å². The first kappa shape index (κ1) is 23.7. The fourth-order valence-corrected chi connectivity index (χ4v) is 6.96. The van der Waals surface area contributed by atoms with Gasteiger partial charge >= 0.3 is 0 Å². The summed E-state index contributed by atoms with van der Waals surface area (Å²) in [5, 5.41) is -0.603. The Balaban J connectivity index is 1.51. The average molecular weight is 474 g/mol. The van der Waals surface area contributed by atoms with Crippen molar-refractivity contribution in [1.82, 2.24) is 9.21 Å². The molecule has 2 aromatic rings. The number of piperazine rings is 1. The van der Waals surface area contributed by atoms with Gasteiger partial charge in [-0.2, -0.15) is 4.31 Å². The van der Waals surface area contributed by atoms with Crippen molar-refractivity contribution in [1.29, 1.82) is 0 Å². The molecule has 2 aliphatic rings. The minimum Gasteiger partial charge on any atom is -0.368 e. The highest BCUT2D eigenvalue weighted by Gasteiger charge is 2.40. The maximum absolute atomic E-state index is 15.1. The minimum atomic E-state index is -3.62. The van der Waals surface area contributed by atoms with Gasteiger partial charge in [-0.25, -0.2) is 12.8 Å². The van der Waals surface area contributed by atoms with E-state index in [1.165, 1.54) is 10.4 Å². The molecule has 0 N–H and O–H groups in total. The molecule has 0 spiro atoms. The summed E-state index contributed by atoms with van der Waals surface area (Å²) in [4.78, 5) is 15.4. The van der Waals surface area contributed by atoms with Gasteiger partial charge in [-0.3, -0.25) is 4.79 Å². The van der Waals surface area contributed by atoms with Crippen molar-refractivity contribution >= 4 is 21.6 Å². The van der Waals surface area contributed by atoms with Crippen LogP contribution in [0.5, 0.6) is 0 Å². The first-order valence-electron chi connectivity index (χ1n) is 11.5. The van der Waals surface area contributed by atoms with Crippen LogP contribution < -0.4 is 4.90 Å². The highest BCUT2D eigenvalue weighted by Crippen LogP contribution is 2.38. The third-order valence-electron chi connectivity index (χ3n) is 6.93. The number of sulfonamides is 1. The first-order valence-corrected chi connectivity index (χ1v) is 13.0. The lowest BCUT2D eigenvalue weighted by atomic mass is 10.0. The quantitative estimate of drug-likeness (QED) is 0.677. The second kappa shape index (κ2) is 9.43. The zero-order chi connectivity index (χ0) is 23.8. The monoisotopic (exact) mass is 473 g/mol. The second-order valence-corrected chi connectivity index (χ2v) is 11.3. The standard InChI is InChI=1S/C25H32FN3O3S/c1-18-4-7-21(8-5-18)25-11-6-19(2)29(33(25,31)32)17-22-9-10-23(16-24(22)26)28-14-12-27(13-15-28)20(3)30/h4-5,7-10,16,19,25H,6,11-15,17H2,1-3H3/t19-,25?/m0/s1. The Hall–Kier alpha value is -2.45. The van der Waals surface area contributed by atoms with E-state index in [0.29, 0.717) is 38.2 Å². The molecule has 2 aromatic carbocycles. The molecule has 4 rings (SSSR count). The van der Waals surface area contributed by atoms with Crippen LogP contribution in [-0.4, -0.2) is 55.8 Å². The van der Waals surface area contributed by atoms with Crippen molar-refractivity contribution in [3.05, 3.63) is 65.0 Å². The van der Waals surface area contributed by atoms with Crippen LogP contribution in [0, 0.1) is 12.7 Å². The summed E-state index contributed by atoms with van der Waals surface area (Å²) < 4.78 is 43.5. The van der Waals surface area contributed by atoms with E-state index in [4.69, 9.17) is 0 Å². The highest BCUT2D eigenvalue weighted by atomic mass is 32.2. The lowest BCUT2D eigenvalue weighted by Gasteiger charge is -2.38. The predicted molar refractivity (Wildman–Crippen MR) is 128 cm³/mol. The molecule has 0 aliphatic carbocycles. The van der Waals surface area contributed by atoms with Gasteiger partial charge in [-0.05, 0) is 44.4 Å².